The highest BCUT2D eigenvalue weighted by Gasteiger charge is 2.14. The molecule has 0 aliphatic carbocycles. The summed E-state index contributed by atoms with van der Waals surface area (Å²) in [7, 11) is 0. The molecule has 110 valence electrons. The lowest BCUT2D eigenvalue weighted by Crippen LogP contribution is -2.27. The maximum Gasteiger partial charge on any atom is 0.253 e. The fourth-order valence-electron chi connectivity index (χ4n) is 2.14. The Morgan fingerprint density at radius 3 is 2.52 bits per heavy atom. The summed E-state index contributed by atoms with van der Waals surface area (Å²) in [5.41, 5.74) is 8.69. The van der Waals surface area contributed by atoms with Crippen molar-refractivity contribution < 1.29 is 9.90 Å². The van der Waals surface area contributed by atoms with Gasteiger partial charge >= 0.3 is 0 Å². The van der Waals surface area contributed by atoms with E-state index in [-0.39, 0.29) is 23.3 Å². The van der Waals surface area contributed by atoms with Crippen LogP contribution in [-0.2, 0) is 6.42 Å². The molecule has 0 saturated heterocycles. The van der Waals surface area contributed by atoms with E-state index in [9.17, 15) is 9.90 Å². The van der Waals surface area contributed by atoms with Gasteiger partial charge in [-0.15, -0.1) is 0 Å². The van der Waals surface area contributed by atoms with Crippen molar-refractivity contribution in [2.75, 3.05) is 5.73 Å². The van der Waals surface area contributed by atoms with Gasteiger partial charge in [-0.2, -0.15) is 0 Å². The molecule has 0 aliphatic rings. The predicted molar refractivity (Wildman–Crippen MR) is 84.2 cm³/mol. The van der Waals surface area contributed by atoms with E-state index < -0.39 is 0 Å². The van der Waals surface area contributed by atoms with Crippen LogP contribution in [0.3, 0.4) is 0 Å². The van der Waals surface area contributed by atoms with Crippen molar-refractivity contribution in [2.24, 2.45) is 0 Å². The van der Waals surface area contributed by atoms with Crippen LogP contribution in [0.4, 0.5) is 5.69 Å². The third-order valence-electron chi connectivity index (χ3n) is 3.52. The summed E-state index contributed by atoms with van der Waals surface area (Å²) < 4.78 is 0. The van der Waals surface area contributed by atoms with E-state index in [2.05, 4.69) is 24.4 Å². The van der Waals surface area contributed by atoms with Gasteiger partial charge in [0.25, 0.3) is 5.91 Å². The van der Waals surface area contributed by atoms with Crippen molar-refractivity contribution in [3.05, 3.63) is 59.2 Å². The van der Waals surface area contributed by atoms with Crippen molar-refractivity contribution >= 4 is 11.6 Å². The summed E-state index contributed by atoms with van der Waals surface area (Å²) >= 11 is 0. The Balaban J connectivity index is 2.12. The minimum Gasteiger partial charge on any atom is -0.508 e. The first kappa shape index (κ1) is 14.9. The molecule has 0 fully saturated rings. The van der Waals surface area contributed by atoms with Crippen molar-refractivity contribution in [3.63, 3.8) is 0 Å². The lowest BCUT2D eigenvalue weighted by molar-refractivity contribution is 0.0940. The number of anilines is 1. The number of aryl methyl sites for hydroxylation is 1. The van der Waals surface area contributed by atoms with E-state index in [0.29, 0.717) is 5.69 Å². The number of aromatic hydroxyl groups is 1. The maximum atomic E-state index is 12.2. The zero-order valence-corrected chi connectivity index (χ0v) is 12.3. The van der Waals surface area contributed by atoms with Gasteiger partial charge in [0, 0.05) is 5.69 Å². The Hall–Kier alpha value is -2.49. The van der Waals surface area contributed by atoms with Gasteiger partial charge in [-0.1, -0.05) is 31.2 Å². The van der Waals surface area contributed by atoms with Gasteiger partial charge in [0.15, 0.2) is 0 Å². The molecule has 0 aromatic heterocycles. The molecule has 4 heteroatoms. The van der Waals surface area contributed by atoms with Crippen LogP contribution < -0.4 is 11.1 Å². The maximum absolute atomic E-state index is 12.2. The number of rotatable bonds is 4. The number of carbonyl (C=O) groups excluding carboxylic acids is 1. The topological polar surface area (TPSA) is 75.3 Å². The van der Waals surface area contributed by atoms with Crippen molar-refractivity contribution in [1.82, 2.24) is 5.32 Å². The molecule has 0 aliphatic heterocycles. The first-order valence-corrected chi connectivity index (χ1v) is 6.99. The highest BCUT2D eigenvalue weighted by molar-refractivity contribution is 5.99. The molecule has 0 radical (unpaired) electrons. The molecule has 0 spiro atoms. The number of carbonyl (C=O) groups is 1. The average molecular weight is 284 g/mol. The molecule has 2 rings (SSSR count). The van der Waals surface area contributed by atoms with E-state index in [0.717, 1.165) is 12.0 Å². The Morgan fingerprint density at radius 2 is 1.90 bits per heavy atom. The molecule has 4 N–H and O–H groups in total. The second-order valence-corrected chi connectivity index (χ2v) is 5.06. The summed E-state index contributed by atoms with van der Waals surface area (Å²) in [6.45, 7) is 4.02. The first-order chi connectivity index (χ1) is 10.0. The normalized spacial score (nSPS) is 11.9. The second-order valence-electron chi connectivity index (χ2n) is 5.06. The Labute approximate surface area is 124 Å². The van der Waals surface area contributed by atoms with E-state index in [1.165, 1.54) is 23.8 Å². The smallest absolute Gasteiger partial charge is 0.253 e. The van der Waals surface area contributed by atoms with E-state index in [1.807, 2.05) is 19.1 Å². The number of hydrogen-bond acceptors (Lipinski definition) is 3. The number of nitrogen functional groups attached to an aromatic ring is 1. The van der Waals surface area contributed by atoms with Gasteiger partial charge in [-0.3, -0.25) is 4.79 Å². The van der Waals surface area contributed by atoms with Crippen LogP contribution in [0.2, 0.25) is 0 Å². The van der Waals surface area contributed by atoms with Gasteiger partial charge in [0.1, 0.15) is 5.75 Å². The van der Waals surface area contributed by atoms with Crippen molar-refractivity contribution in [3.8, 4) is 5.75 Å². The minimum atomic E-state index is -0.296. The third-order valence-corrected chi connectivity index (χ3v) is 3.52. The first-order valence-electron chi connectivity index (χ1n) is 6.99. The standard InChI is InChI=1S/C17H20N2O2/c1-3-12-4-6-13(7-5-12)11(2)19-17(21)15-10-14(20)8-9-16(15)18/h4-11,20H,3,18H2,1-2H3,(H,19,21). The molecule has 2 aromatic rings. The summed E-state index contributed by atoms with van der Waals surface area (Å²) in [4.78, 5) is 12.2. The number of amides is 1. The molecule has 1 atom stereocenters. The van der Waals surface area contributed by atoms with E-state index in [1.54, 1.807) is 0 Å². The van der Waals surface area contributed by atoms with Crippen LogP contribution >= 0.6 is 0 Å². The predicted octanol–water partition coefficient (Wildman–Crippen LogP) is 3.03. The van der Waals surface area contributed by atoms with Gasteiger partial charge in [0.05, 0.1) is 11.6 Å². The van der Waals surface area contributed by atoms with Crippen LogP contribution in [0.15, 0.2) is 42.5 Å². The van der Waals surface area contributed by atoms with Crippen LogP contribution in [-0.4, -0.2) is 11.0 Å². The SMILES string of the molecule is CCc1ccc(C(C)NC(=O)c2cc(O)ccc2N)cc1. The number of phenolic OH excluding ortho intramolecular Hbond substituents is 1. The van der Waals surface area contributed by atoms with Crippen LogP contribution in [0, 0.1) is 0 Å². The fraction of sp³-hybridized carbons (Fsp3) is 0.235. The Bertz CT molecular complexity index is 636. The number of nitrogens with two attached hydrogens (primary N) is 1. The summed E-state index contributed by atoms with van der Waals surface area (Å²) in [5, 5.41) is 12.3. The quantitative estimate of drug-likeness (QED) is 0.596. The molecule has 0 saturated carbocycles. The van der Waals surface area contributed by atoms with Gasteiger partial charge in [-0.05, 0) is 42.7 Å². The van der Waals surface area contributed by atoms with Gasteiger partial charge in [-0.25, -0.2) is 0 Å². The second kappa shape index (κ2) is 6.31. The highest BCUT2D eigenvalue weighted by atomic mass is 16.3. The number of hydrogen-bond donors (Lipinski definition) is 3. The molecule has 0 bridgehead atoms. The molecular formula is C17H20N2O2. The number of benzene rings is 2. The molecular weight excluding hydrogens is 264 g/mol. The molecule has 2 aromatic carbocycles. The minimum absolute atomic E-state index is 0.0225. The summed E-state index contributed by atoms with van der Waals surface area (Å²) in [5.74, 6) is -0.273. The Morgan fingerprint density at radius 1 is 1.24 bits per heavy atom. The largest absolute Gasteiger partial charge is 0.508 e. The molecule has 4 nitrogen and oxygen atoms in total. The lowest BCUT2D eigenvalue weighted by atomic mass is 10.0. The monoisotopic (exact) mass is 284 g/mol. The number of phenols is 1. The molecule has 0 heterocycles. The fourth-order valence-corrected chi connectivity index (χ4v) is 2.14. The van der Waals surface area contributed by atoms with Crippen LogP contribution in [0.25, 0.3) is 0 Å². The van der Waals surface area contributed by atoms with Crippen LogP contribution in [0.1, 0.15) is 41.4 Å². The summed E-state index contributed by atoms with van der Waals surface area (Å²) in [6, 6.07) is 12.3. The highest BCUT2D eigenvalue weighted by Crippen LogP contribution is 2.20. The summed E-state index contributed by atoms with van der Waals surface area (Å²) in [6.07, 6.45) is 0.987. The number of nitrogens with one attached hydrogen (secondary N) is 1. The van der Waals surface area contributed by atoms with Gasteiger partial charge in [0.2, 0.25) is 0 Å². The zero-order chi connectivity index (χ0) is 15.4. The third kappa shape index (κ3) is 3.54. The van der Waals surface area contributed by atoms with Crippen molar-refractivity contribution in [1.29, 1.82) is 0 Å². The van der Waals surface area contributed by atoms with Crippen molar-refractivity contribution in [2.45, 2.75) is 26.3 Å². The lowest BCUT2D eigenvalue weighted by Gasteiger charge is -2.15. The molecule has 21 heavy (non-hydrogen) atoms. The molecule has 1 unspecified atom stereocenters. The Kier molecular flexibility index (Phi) is 4.48. The molecule has 1 amide bonds. The average Bonchev–Trinajstić information content (AvgIpc) is 2.49. The van der Waals surface area contributed by atoms with Gasteiger partial charge < -0.3 is 16.2 Å². The zero-order valence-electron chi connectivity index (χ0n) is 12.3. The van der Waals surface area contributed by atoms with E-state index in [4.69, 9.17) is 5.73 Å². The van der Waals surface area contributed by atoms with E-state index >= 15 is 0 Å². The van der Waals surface area contributed by atoms with Crippen LogP contribution in [0.5, 0.6) is 5.75 Å².